The van der Waals surface area contributed by atoms with E-state index in [-0.39, 0.29) is 0 Å². The molecule has 3 aromatic rings. The largest absolute Gasteiger partial charge is 0.0614 e. The molecular formula is C19H18. The lowest BCUT2D eigenvalue weighted by molar-refractivity contribution is 1.43. The van der Waals surface area contributed by atoms with Crippen molar-refractivity contribution < 1.29 is 0 Å². The molecule has 0 heteroatoms. The van der Waals surface area contributed by atoms with Crippen LogP contribution in [0.3, 0.4) is 0 Å². The third-order valence-electron chi connectivity index (χ3n) is 3.66. The predicted octanol–water partition coefficient (Wildman–Crippen LogP) is 5.43. The molecular weight excluding hydrogens is 228 g/mol. The van der Waals surface area contributed by atoms with Crippen molar-refractivity contribution in [2.45, 2.75) is 20.8 Å². The van der Waals surface area contributed by atoms with E-state index in [4.69, 9.17) is 0 Å². The summed E-state index contributed by atoms with van der Waals surface area (Å²) < 4.78 is 0. The van der Waals surface area contributed by atoms with Crippen LogP contribution >= 0.6 is 0 Å². The lowest BCUT2D eigenvalue weighted by Crippen LogP contribution is -1.84. The fourth-order valence-corrected chi connectivity index (χ4v) is 2.75. The summed E-state index contributed by atoms with van der Waals surface area (Å²) in [6.45, 7) is 6.48. The Labute approximate surface area is 114 Å². The van der Waals surface area contributed by atoms with Gasteiger partial charge in [0.05, 0.1) is 0 Å². The molecule has 0 saturated heterocycles. The molecule has 0 heterocycles. The van der Waals surface area contributed by atoms with Gasteiger partial charge in [-0.3, -0.25) is 0 Å². The van der Waals surface area contributed by atoms with Gasteiger partial charge < -0.3 is 0 Å². The second-order valence-electron chi connectivity index (χ2n) is 5.39. The van der Waals surface area contributed by atoms with Crippen molar-refractivity contribution in [3.8, 4) is 11.1 Å². The molecule has 19 heavy (non-hydrogen) atoms. The number of aryl methyl sites for hydroxylation is 3. The van der Waals surface area contributed by atoms with Gasteiger partial charge in [-0.05, 0) is 54.3 Å². The third-order valence-corrected chi connectivity index (χ3v) is 3.66. The van der Waals surface area contributed by atoms with Crippen LogP contribution in [0.1, 0.15) is 16.7 Å². The summed E-state index contributed by atoms with van der Waals surface area (Å²) in [6.07, 6.45) is 0. The van der Waals surface area contributed by atoms with Gasteiger partial charge in [-0.15, -0.1) is 0 Å². The summed E-state index contributed by atoms with van der Waals surface area (Å²) in [6, 6.07) is 19.9. The fraction of sp³-hybridized carbons (Fsp3) is 0.158. The van der Waals surface area contributed by atoms with Crippen LogP contribution in [0.5, 0.6) is 0 Å². The number of hydrogen-bond donors (Lipinski definition) is 0. The summed E-state index contributed by atoms with van der Waals surface area (Å²) in [5.74, 6) is 0. The summed E-state index contributed by atoms with van der Waals surface area (Å²) in [5.41, 5.74) is 6.57. The minimum atomic E-state index is 1.29. The number of benzene rings is 3. The van der Waals surface area contributed by atoms with E-state index < -0.39 is 0 Å². The van der Waals surface area contributed by atoms with Crippen molar-refractivity contribution in [3.05, 3.63) is 71.3 Å². The van der Waals surface area contributed by atoms with Crippen molar-refractivity contribution >= 4 is 10.8 Å². The molecule has 3 rings (SSSR count). The van der Waals surface area contributed by atoms with Gasteiger partial charge in [0.15, 0.2) is 0 Å². The summed E-state index contributed by atoms with van der Waals surface area (Å²) in [4.78, 5) is 0. The molecule has 0 nitrogen and oxygen atoms in total. The second-order valence-corrected chi connectivity index (χ2v) is 5.39. The summed E-state index contributed by atoms with van der Waals surface area (Å²) in [7, 11) is 0. The smallest absolute Gasteiger partial charge is 0.0154 e. The Morgan fingerprint density at radius 1 is 0.632 bits per heavy atom. The van der Waals surface area contributed by atoms with Crippen molar-refractivity contribution in [1.29, 1.82) is 0 Å². The van der Waals surface area contributed by atoms with E-state index in [9.17, 15) is 0 Å². The molecule has 0 fully saturated rings. The summed E-state index contributed by atoms with van der Waals surface area (Å²) in [5, 5.41) is 2.68. The molecule has 0 saturated carbocycles. The van der Waals surface area contributed by atoms with Crippen LogP contribution in [0.4, 0.5) is 0 Å². The zero-order valence-electron chi connectivity index (χ0n) is 11.7. The second kappa shape index (κ2) is 4.55. The van der Waals surface area contributed by atoms with Crippen LogP contribution in [0.25, 0.3) is 21.9 Å². The van der Waals surface area contributed by atoms with E-state index >= 15 is 0 Å². The topological polar surface area (TPSA) is 0 Å². The highest BCUT2D eigenvalue weighted by Gasteiger charge is 2.02. The van der Waals surface area contributed by atoms with E-state index in [1.807, 2.05) is 0 Å². The van der Waals surface area contributed by atoms with Gasteiger partial charge in [0.2, 0.25) is 0 Å². The highest BCUT2D eigenvalue weighted by Crippen LogP contribution is 2.27. The fourth-order valence-electron chi connectivity index (χ4n) is 2.75. The minimum Gasteiger partial charge on any atom is -0.0614 e. The van der Waals surface area contributed by atoms with Gasteiger partial charge in [-0.2, -0.15) is 0 Å². The Kier molecular flexibility index (Phi) is 2.87. The zero-order valence-corrected chi connectivity index (χ0v) is 11.7. The van der Waals surface area contributed by atoms with Crippen LogP contribution in [0, 0.1) is 20.8 Å². The van der Waals surface area contributed by atoms with Gasteiger partial charge in [-0.25, -0.2) is 0 Å². The maximum absolute atomic E-state index is 2.30. The maximum atomic E-state index is 2.30. The van der Waals surface area contributed by atoms with Crippen molar-refractivity contribution in [3.63, 3.8) is 0 Å². The minimum absolute atomic E-state index is 1.29. The molecule has 0 N–H and O–H groups in total. The number of fused-ring (bicyclic) bond motifs is 1. The maximum Gasteiger partial charge on any atom is -0.0154 e. The van der Waals surface area contributed by atoms with Gasteiger partial charge in [0.25, 0.3) is 0 Å². The normalized spacial score (nSPS) is 10.9. The first-order valence-corrected chi connectivity index (χ1v) is 6.71. The molecule has 0 aromatic heterocycles. The zero-order chi connectivity index (χ0) is 13.4. The molecule has 0 aliphatic rings. The van der Waals surface area contributed by atoms with E-state index in [2.05, 4.69) is 75.4 Å². The number of hydrogen-bond acceptors (Lipinski definition) is 0. The average Bonchev–Trinajstić information content (AvgIpc) is 2.37. The van der Waals surface area contributed by atoms with E-state index in [0.29, 0.717) is 0 Å². The molecule has 0 spiro atoms. The Morgan fingerprint density at radius 3 is 2.21 bits per heavy atom. The standard InChI is InChI=1S/C19H18/c1-13-5-4-6-16(10-13)17-7-8-19-15(3)9-14(2)11-18(19)12-17/h4-12H,1-3H3. The lowest BCUT2D eigenvalue weighted by atomic mass is 9.97. The Bertz CT molecular complexity index is 751. The SMILES string of the molecule is Cc1cccc(-c2ccc3c(C)cc(C)cc3c2)c1. The first-order chi connectivity index (χ1) is 9.13. The highest BCUT2D eigenvalue weighted by atomic mass is 14.1. The van der Waals surface area contributed by atoms with E-state index in [1.54, 1.807) is 0 Å². The third kappa shape index (κ3) is 2.26. The molecule has 94 valence electrons. The van der Waals surface area contributed by atoms with Crippen LogP contribution in [0.2, 0.25) is 0 Å². The van der Waals surface area contributed by atoms with Crippen molar-refractivity contribution in [1.82, 2.24) is 0 Å². The van der Waals surface area contributed by atoms with E-state index in [1.165, 1.54) is 38.6 Å². The number of rotatable bonds is 1. The monoisotopic (exact) mass is 246 g/mol. The molecule has 0 amide bonds. The Hall–Kier alpha value is -2.08. The first kappa shape index (κ1) is 12.0. The van der Waals surface area contributed by atoms with Gasteiger partial charge in [0.1, 0.15) is 0 Å². The Morgan fingerprint density at radius 2 is 1.42 bits per heavy atom. The van der Waals surface area contributed by atoms with Gasteiger partial charge in [0, 0.05) is 0 Å². The van der Waals surface area contributed by atoms with Crippen molar-refractivity contribution in [2.24, 2.45) is 0 Å². The van der Waals surface area contributed by atoms with Crippen LogP contribution in [-0.2, 0) is 0 Å². The lowest BCUT2D eigenvalue weighted by Gasteiger charge is -2.08. The van der Waals surface area contributed by atoms with Crippen LogP contribution in [-0.4, -0.2) is 0 Å². The molecule has 0 radical (unpaired) electrons. The molecule has 0 aliphatic carbocycles. The summed E-state index contributed by atoms with van der Waals surface area (Å²) >= 11 is 0. The molecule has 0 bridgehead atoms. The van der Waals surface area contributed by atoms with Gasteiger partial charge >= 0.3 is 0 Å². The van der Waals surface area contributed by atoms with Crippen LogP contribution in [0.15, 0.2) is 54.6 Å². The predicted molar refractivity (Wildman–Crippen MR) is 83.6 cm³/mol. The Balaban J connectivity index is 2.21. The quantitative estimate of drug-likeness (QED) is 0.537. The van der Waals surface area contributed by atoms with Crippen molar-refractivity contribution in [2.75, 3.05) is 0 Å². The molecule has 0 atom stereocenters. The first-order valence-electron chi connectivity index (χ1n) is 6.71. The average molecular weight is 246 g/mol. The van der Waals surface area contributed by atoms with Gasteiger partial charge in [-0.1, -0.05) is 59.7 Å². The molecule has 0 aliphatic heterocycles. The van der Waals surface area contributed by atoms with Crippen LogP contribution < -0.4 is 0 Å². The molecule has 0 unspecified atom stereocenters. The molecule has 3 aromatic carbocycles. The highest BCUT2D eigenvalue weighted by molar-refractivity contribution is 5.90. The van der Waals surface area contributed by atoms with E-state index in [0.717, 1.165) is 0 Å².